The molecule has 102 valence electrons. The van der Waals surface area contributed by atoms with Gasteiger partial charge in [0.1, 0.15) is 0 Å². The fourth-order valence-corrected chi connectivity index (χ4v) is 1.24. The van der Waals surface area contributed by atoms with Crippen LogP contribution >= 0.6 is 0 Å². The van der Waals surface area contributed by atoms with Crippen molar-refractivity contribution in [3.05, 3.63) is 11.9 Å². The van der Waals surface area contributed by atoms with Gasteiger partial charge >= 0.3 is 0 Å². The molecule has 7 nitrogen and oxygen atoms in total. The molecular weight excluding hydrogens is 236 g/mol. The van der Waals surface area contributed by atoms with Gasteiger partial charge in [0.15, 0.2) is 5.69 Å². The smallest absolute Gasteiger partial charge is 0.273 e. The number of hydrogen-bond acceptors (Lipinski definition) is 5. The van der Waals surface area contributed by atoms with Gasteiger partial charge in [-0.05, 0) is 20.8 Å². The summed E-state index contributed by atoms with van der Waals surface area (Å²) in [6.07, 6.45) is 1.57. The molecule has 0 saturated heterocycles. The zero-order chi connectivity index (χ0) is 13.6. The van der Waals surface area contributed by atoms with Crippen LogP contribution in [0.4, 0.5) is 0 Å². The molecule has 1 aromatic heterocycles. The number of carbonyl (C=O) groups is 1. The summed E-state index contributed by atoms with van der Waals surface area (Å²) >= 11 is 0. The summed E-state index contributed by atoms with van der Waals surface area (Å²) in [7, 11) is 0. The van der Waals surface area contributed by atoms with Crippen LogP contribution in [-0.2, 0) is 11.3 Å². The van der Waals surface area contributed by atoms with E-state index in [0.29, 0.717) is 19.8 Å². The van der Waals surface area contributed by atoms with Crippen LogP contribution in [0.2, 0.25) is 0 Å². The highest BCUT2D eigenvalue weighted by Crippen LogP contribution is 2.01. The molecule has 0 aliphatic heterocycles. The van der Waals surface area contributed by atoms with E-state index in [-0.39, 0.29) is 23.7 Å². The van der Waals surface area contributed by atoms with Crippen molar-refractivity contribution < 1.29 is 14.6 Å². The molecule has 1 amide bonds. The van der Waals surface area contributed by atoms with Gasteiger partial charge in [0.25, 0.3) is 5.91 Å². The second-order valence-corrected chi connectivity index (χ2v) is 4.91. The second kappa shape index (κ2) is 6.46. The lowest BCUT2D eigenvalue weighted by molar-refractivity contribution is 0.0851. The van der Waals surface area contributed by atoms with Gasteiger partial charge in [0.05, 0.1) is 32.6 Å². The number of ether oxygens (including phenoxy) is 1. The summed E-state index contributed by atoms with van der Waals surface area (Å²) in [5, 5.41) is 19.0. The van der Waals surface area contributed by atoms with Crippen molar-refractivity contribution in [3.8, 4) is 0 Å². The van der Waals surface area contributed by atoms with Gasteiger partial charge in [-0.25, -0.2) is 4.68 Å². The molecule has 0 aliphatic carbocycles. The third kappa shape index (κ3) is 5.24. The van der Waals surface area contributed by atoms with Gasteiger partial charge in [-0.15, -0.1) is 5.10 Å². The summed E-state index contributed by atoms with van der Waals surface area (Å²) in [5.41, 5.74) is -0.0162. The van der Waals surface area contributed by atoms with Gasteiger partial charge in [-0.2, -0.15) is 0 Å². The monoisotopic (exact) mass is 256 g/mol. The zero-order valence-corrected chi connectivity index (χ0v) is 11.0. The highest BCUT2D eigenvalue weighted by atomic mass is 16.5. The van der Waals surface area contributed by atoms with Crippen molar-refractivity contribution in [2.24, 2.45) is 0 Å². The van der Waals surface area contributed by atoms with E-state index in [1.54, 1.807) is 6.20 Å². The minimum absolute atomic E-state index is 0.00338. The first kappa shape index (κ1) is 14.6. The number of carbonyl (C=O) groups excluding carboxylic acids is 1. The van der Waals surface area contributed by atoms with E-state index in [1.807, 2.05) is 20.8 Å². The number of aliphatic hydroxyl groups excluding tert-OH is 1. The van der Waals surface area contributed by atoms with Crippen molar-refractivity contribution in [3.63, 3.8) is 0 Å². The van der Waals surface area contributed by atoms with E-state index >= 15 is 0 Å². The lowest BCUT2D eigenvalue weighted by atomic mass is 10.1. The fourth-order valence-electron chi connectivity index (χ4n) is 1.24. The van der Waals surface area contributed by atoms with E-state index in [2.05, 4.69) is 15.6 Å². The van der Waals surface area contributed by atoms with Gasteiger partial charge < -0.3 is 15.2 Å². The first-order valence-electron chi connectivity index (χ1n) is 5.83. The molecule has 18 heavy (non-hydrogen) atoms. The molecule has 1 rings (SSSR count). The van der Waals surface area contributed by atoms with Gasteiger partial charge in [0.2, 0.25) is 0 Å². The van der Waals surface area contributed by atoms with Crippen molar-refractivity contribution in [1.82, 2.24) is 20.3 Å². The highest BCUT2D eigenvalue weighted by Gasteiger charge is 2.17. The summed E-state index contributed by atoms with van der Waals surface area (Å²) < 4.78 is 6.63. The normalized spacial score (nSPS) is 11.6. The predicted molar refractivity (Wildman–Crippen MR) is 65.1 cm³/mol. The fraction of sp³-hybridized carbons (Fsp3) is 0.727. The van der Waals surface area contributed by atoms with Crippen molar-refractivity contribution >= 4 is 5.91 Å². The van der Waals surface area contributed by atoms with Crippen molar-refractivity contribution in [1.29, 1.82) is 0 Å². The minimum Gasteiger partial charge on any atom is -0.394 e. The molecule has 1 aromatic rings. The van der Waals surface area contributed by atoms with E-state index in [9.17, 15) is 4.79 Å². The van der Waals surface area contributed by atoms with Crippen LogP contribution < -0.4 is 5.32 Å². The van der Waals surface area contributed by atoms with Crippen LogP contribution in [0.5, 0.6) is 0 Å². The maximum absolute atomic E-state index is 11.8. The lowest BCUT2D eigenvalue weighted by Gasteiger charge is -2.19. The molecule has 0 aliphatic rings. The van der Waals surface area contributed by atoms with Crippen LogP contribution in [0.3, 0.4) is 0 Å². The van der Waals surface area contributed by atoms with Gasteiger partial charge in [-0.1, -0.05) is 5.21 Å². The number of hydrogen-bond donors (Lipinski definition) is 2. The molecule has 0 radical (unpaired) electrons. The average Bonchev–Trinajstić information content (AvgIpc) is 2.71. The molecule has 0 unspecified atom stereocenters. The first-order valence-corrected chi connectivity index (χ1v) is 5.83. The van der Waals surface area contributed by atoms with Crippen LogP contribution in [0.1, 0.15) is 31.3 Å². The molecular formula is C11H20N4O3. The molecule has 2 N–H and O–H groups in total. The lowest BCUT2D eigenvalue weighted by Crippen LogP contribution is -2.40. The van der Waals surface area contributed by atoms with Crippen LogP contribution in [0, 0.1) is 0 Å². The van der Waals surface area contributed by atoms with Crippen molar-refractivity contribution in [2.75, 3.05) is 19.8 Å². The van der Waals surface area contributed by atoms with E-state index in [4.69, 9.17) is 9.84 Å². The molecule has 0 aromatic carbocycles. The van der Waals surface area contributed by atoms with Crippen LogP contribution in [0.15, 0.2) is 6.20 Å². The number of nitrogens with zero attached hydrogens (tertiary/aromatic N) is 3. The Morgan fingerprint density at radius 2 is 2.22 bits per heavy atom. The maximum Gasteiger partial charge on any atom is 0.273 e. The Labute approximate surface area is 106 Å². The Kier molecular flexibility index (Phi) is 5.24. The highest BCUT2D eigenvalue weighted by molar-refractivity contribution is 5.92. The number of amides is 1. The minimum atomic E-state index is -0.300. The molecule has 0 spiro atoms. The Hall–Kier alpha value is -1.47. The summed E-state index contributed by atoms with van der Waals surface area (Å²) in [5.74, 6) is -0.245. The first-order chi connectivity index (χ1) is 8.42. The quantitative estimate of drug-likeness (QED) is 0.689. The Balaban J connectivity index is 2.45. The van der Waals surface area contributed by atoms with E-state index in [0.717, 1.165) is 0 Å². The molecule has 7 heteroatoms. The second-order valence-electron chi connectivity index (χ2n) is 4.91. The Morgan fingerprint density at radius 3 is 2.83 bits per heavy atom. The molecule has 0 saturated carbocycles. The number of nitrogens with one attached hydrogen (secondary N) is 1. The molecule has 1 heterocycles. The number of rotatable bonds is 6. The Bertz CT molecular complexity index is 384. The number of aliphatic hydroxyl groups is 1. The zero-order valence-electron chi connectivity index (χ0n) is 11.0. The van der Waals surface area contributed by atoms with Gasteiger partial charge in [0, 0.05) is 5.54 Å². The SMILES string of the molecule is CC(C)(C)NC(=O)c1cn(CCOCCO)nn1. The third-order valence-electron chi connectivity index (χ3n) is 1.96. The Morgan fingerprint density at radius 1 is 1.50 bits per heavy atom. The maximum atomic E-state index is 11.8. The third-order valence-corrected chi connectivity index (χ3v) is 1.96. The number of aromatic nitrogens is 3. The van der Waals surface area contributed by atoms with Crippen LogP contribution in [-0.4, -0.2) is 51.4 Å². The van der Waals surface area contributed by atoms with E-state index < -0.39 is 0 Å². The summed E-state index contributed by atoms with van der Waals surface area (Å²) in [4.78, 5) is 11.8. The molecule has 0 bridgehead atoms. The summed E-state index contributed by atoms with van der Waals surface area (Å²) in [6, 6.07) is 0. The van der Waals surface area contributed by atoms with Crippen LogP contribution in [0.25, 0.3) is 0 Å². The van der Waals surface area contributed by atoms with Gasteiger partial charge in [-0.3, -0.25) is 4.79 Å². The molecule has 0 atom stereocenters. The van der Waals surface area contributed by atoms with E-state index in [1.165, 1.54) is 4.68 Å². The predicted octanol–water partition coefficient (Wildman–Crippen LogP) is -0.185. The topological polar surface area (TPSA) is 89.3 Å². The van der Waals surface area contributed by atoms with Crippen molar-refractivity contribution in [2.45, 2.75) is 32.9 Å². The largest absolute Gasteiger partial charge is 0.394 e. The average molecular weight is 256 g/mol. The standard InChI is InChI=1S/C11H20N4O3/c1-11(2,3)12-10(17)9-8-15(14-13-9)4-6-18-7-5-16/h8,16H,4-7H2,1-3H3,(H,12,17). The molecule has 0 fully saturated rings. The summed E-state index contributed by atoms with van der Waals surface area (Å²) in [6.45, 7) is 6.91.